The Morgan fingerprint density at radius 3 is 0.634 bits per heavy atom. The fraction of sp³-hybridized carbons (Fsp3) is 0.500. The second-order valence-electron chi connectivity index (χ2n) is 2.59. The molecule has 0 spiro atoms. The first-order chi connectivity index (χ1) is 16.7. The Labute approximate surface area is 340 Å². The van der Waals surface area contributed by atoms with E-state index in [2.05, 4.69) is 26.4 Å². The number of urea groups is 3. The summed E-state index contributed by atoms with van der Waals surface area (Å²) in [7, 11) is 6.90. The number of hydrogen-bond donors (Lipinski definition) is 4. The maximum Gasteiger partial charge on any atom is 0.226 e. The van der Waals surface area contributed by atoms with Gasteiger partial charge in [-0.3, -0.25) is 38.4 Å². The molecule has 7 amide bonds. The third kappa shape index (κ3) is 1100. The van der Waals surface area contributed by atoms with Crippen molar-refractivity contribution in [3.05, 3.63) is 44.6 Å². The fourth-order valence-corrected chi connectivity index (χ4v) is 0. The van der Waals surface area contributed by atoms with E-state index in [0.717, 1.165) is 7.11 Å². The van der Waals surface area contributed by atoms with Crippen molar-refractivity contribution in [3.8, 4) is 0 Å². The minimum absolute atomic E-state index is 0. The van der Waals surface area contributed by atoms with E-state index in [1.807, 2.05) is 13.8 Å². The predicted octanol–water partition coefficient (Wildman–Crippen LogP) is 2.73. The average molecular weight is 894 g/mol. The van der Waals surface area contributed by atoms with Gasteiger partial charge < -0.3 is 71.0 Å². The molecule has 0 atom stereocenters. The number of nitrogens with one attached hydrogen (secondary N) is 7. The quantitative estimate of drug-likeness (QED) is 0.203. The molecule has 0 unspecified atom stereocenters. The molecule has 0 saturated carbocycles. The number of hydrogen-bond acceptors (Lipinski definition) is 10. The Morgan fingerprint density at radius 1 is 0.585 bits per heavy atom. The Balaban J connectivity index is -0.0000000141. The minimum atomic E-state index is -0.995. The van der Waals surface area contributed by atoms with Crippen molar-refractivity contribution in [1.29, 1.82) is 0 Å². The minimum Gasteiger partial charge on any atom is -0.724 e. The van der Waals surface area contributed by atoms with Crippen LogP contribution in [-0.4, -0.2) is 83.8 Å². The Hall–Kier alpha value is -1.02. The molecule has 0 aliphatic rings. The second kappa shape index (κ2) is 156. The van der Waals surface area contributed by atoms with Crippen LogP contribution in [0.3, 0.4) is 0 Å². The molecule has 9 N–H and O–H groups in total. The van der Waals surface area contributed by atoms with Gasteiger partial charge >= 0.3 is 0 Å². The topological polar surface area (TPSA) is 392 Å². The van der Waals surface area contributed by atoms with Gasteiger partial charge in [0.25, 0.3) is 0 Å². The van der Waals surface area contributed by atoms with Crippen molar-refractivity contribution in [2.75, 3.05) is 35.3 Å². The summed E-state index contributed by atoms with van der Waals surface area (Å²) in [6.45, 7) is 4.00. The Kier molecular flexibility index (Phi) is 371. The molecule has 41 heavy (non-hydrogen) atoms. The van der Waals surface area contributed by atoms with E-state index < -0.39 is 24.2 Å². The van der Waals surface area contributed by atoms with Crippen LogP contribution in [0.4, 0.5) is 19.2 Å². The van der Waals surface area contributed by atoms with E-state index in [9.17, 15) is 19.2 Å². The van der Waals surface area contributed by atoms with Gasteiger partial charge in [-0.15, -0.1) is 0 Å². The number of nitrogens with two attached hydrogens (primary N) is 1. The van der Waals surface area contributed by atoms with Gasteiger partial charge in [0.2, 0.25) is 6.09 Å². The van der Waals surface area contributed by atoms with Crippen LogP contribution in [0.5, 0.6) is 0 Å². The number of amides is 7. The largest absolute Gasteiger partial charge is 0.724 e. The summed E-state index contributed by atoms with van der Waals surface area (Å²) < 4.78 is 3.78. The van der Waals surface area contributed by atoms with Gasteiger partial charge in [0.15, 0.2) is 0 Å². The van der Waals surface area contributed by atoms with E-state index in [4.69, 9.17) is 63.7 Å². The summed E-state index contributed by atoms with van der Waals surface area (Å²) in [6.07, 6.45) is 1.00. The van der Waals surface area contributed by atoms with Crippen LogP contribution < -0.4 is 21.7 Å². The number of nitrogens with zero attached hydrogens (tertiary/aromatic N) is 4. The molecule has 4 radical (unpaired) electrons. The van der Waals surface area contributed by atoms with E-state index in [1.54, 1.807) is 0 Å². The average Bonchev–Trinajstić information content (AvgIpc) is 2.84. The smallest absolute Gasteiger partial charge is 0.226 e. The maximum atomic E-state index is 9.37. The zero-order valence-electron chi connectivity index (χ0n) is 22.8. The summed E-state index contributed by atoms with van der Waals surface area (Å²) in [5.41, 5.74) is 28.7. The van der Waals surface area contributed by atoms with Crippen LogP contribution in [0.25, 0.3) is 44.6 Å². The van der Waals surface area contributed by atoms with Crippen molar-refractivity contribution in [3.63, 3.8) is 0 Å². The van der Waals surface area contributed by atoms with Crippen molar-refractivity contribution in [1.82, 2.24) is 16.0 Å². The molecule has 0 aromatic heterocycles. The Morgan fingerprint density at radius 2 is 0.634 bits per heavy atom. The SMILES string of the molecule is C.CC.CN.CNC([NH-])=O.CNC([NH-])=O.CNC([NH-])=O.COC([NH-])=O.[N-]=C=O.[N-]=C=O.[N-]=C=O.[N-]=C=O.[Y].[Y].[Y].[Y]. The number of rotatable bonds is 0. The third-order valence-electron chi connectivity index (χ3n) is 0.867. The van der Waals surface area contributed by atoms with E-state index in [1.165, 1.54) is 28.2 Å². The molecule has 21 nitrogen and oxygen atoms in total. The molecule has 0 heterocycles. The first-order valence-electron chi connectivity index (χ1n) is 7.97. The zero-order chi connectivity index (χ0) is 32.0. The summed E-state index contributed by atoms with van der Waals surface area (Å²) >= 11 is 0. The van der Waals surface area contributed by atoms with Crippen LogP contribution in [0.1, 0.15) is 21.3 Å². The van der Waals surface area contributed by atoms with E-state index >= 15 is 0 Å². The van der Waals surface area contributed by atoms with Crippen molar-refractivity contribution >= 4 is 48.5 Å². The zero-order valence-corrected chi connectivity index (χ0v) is 34.2. The van der Waals surface area contributed by atoms with Crippen LogP contribution in [0, 0.1) is 0 Å². The van der Waals surface area contributed by atoms with Gasteiger partial charge in [-0.05, 0) is 31.4 Å². The maximum absolute atomic E-state index is 9.37. The number of isocyanates is 4. The third-order valence-corrected chi connectivity index (χ3v) is 0.867. The monoisotopic (exact) mass is 894 g/mol. The molecule has 0 saturated heterocycles. The van der Waals surface area contributed by atoms with Gasteiger partial charge in [-0.25, -0.2) is 0 Å². The van der Waals surface area contributed by atoms with Crippen molar-refractivity contribution in [2.24, 2.45) is 5.73 Å². The molecule has 0 rings (SSSR count). The summed E-state index contributed by atoms with van der Waals surface area (Å²) in [5, 5.41) is 33.2. The summed E-state index contributed by atoms with van der Waals surface area (Å²) in [6, 6.07) is -2.24. The standard InChI is InChI=1S/3C2H6N2O.C2H5NO2.C2H6.4CNO.CH5N.CH4.4Y/c3*1-4-2(3)5;1-5-2(3)4;1-2;4*2-1-3;1-2;;;;;/h3*1H3,(H3,3,4,5);1H3,(H2,3,4);1-2H3;;;;;2H2,1H3;1H4;;;;/q;;;;;4*-1;;;;;;/p-4. The fourth-order valence-electron chi connectivity index (χ4n) is 0. The molecule has 0 aliphatic carbocycles. The first-order valence-corrected chi connectivity index (χ1v) is 7.97. The molecule has 232 valence electrons. The van der Waals surface area contributed by atoms with Crippen LogP contribution in [0.2, 0.25) is 0 Å². The van der Waals surface area contributed by atoms with Crippen molar-refractivity contribution < 1.29 is 174 Å². The number of carbonyl (C=O) groups excluding carboxylic acids is 8. The van der Waals surface area contributed by atoms with E-state index in [-0.39, 0.29) is 138 Å². The second-order valence-corrected chi connectivity index (χ2v) is 2.59. The Bertz CT molecular complexity index is 509. The van der Waals surface area contributed by atoms with E-state index in [0.29, 0.717) is 24.3 Å². The number of carbonyl (C=O) groups is 4. The summed E-state index contributed by atoms with van der Waals surface area (Å²) in [5.74, 6) is 0. The van der Waals surface area contributed by atoms with Gasteiger partial charge in [-0.1, -0.05) is 42.4 Å². The van der Waals surface area contributed by atoms with Crippen LogP contribution in [0.15, 0.2) is 0 Å². The van der Waals surface area contributed by atoms with Gasteiger partial charge in [0, 0.05) is 131 Å². The van der Waals surface area contributed by atoms with Crippen LogP contribution >= 0.6 is 0 Å². The number of ether oxygens (including phenoxy) is 1. The normalized spacial score (nSPS) is 4.29. The number of methoxy groups -OCH3 is 1. The molecular weight excluding hydrogens is 860 g/mol. The van der Waals surface area contributed by atoms with Gasteiger partial charge in [0.05, 0.1) is 7.11 Å². The molecule has 0 aromatic carbocycles. The molecule has 0 fully saturated rings. The van der Waals surface area contributed by atoms with Gasteiger partial charge in [-0.2, -0.15) is 0 Å². The molecule has 25 heteroatoms. The van der Waals surface area contributed by atoms with Gasteiger partial charge in [0.1, 0.15) is 18.1 Å². The molecule has 0 aliphatic heterocycles. The predicted molar refractivity (Wildman–Crippen MR) is 137 cm³/mol. The molecular formula is C16H34N12O9Y4-8. The summed E-state index contributed by atoms with van der Waals surface area (Å²) in [4.78, 5) is 70.3. The van der Waals surface area contributed by atoms with Crippen molar-refractivity contribution in [2.45, 2.75) is 21.3 Å². The first kappa shape index (κ1) is 97.4. The molecule has 0 bridgehead atoms. The van der Waals surface area contributed by atoms with Crippen LogP contribution in [-0.2, 0) is 155 Å². The molecule has 0 aromatic rings.